The van der Waals surface area contributed by atoms with Crippen LogP contribution in [0.1, 0.15) is 74.1 Å². The summed E-state index contributed by atoms with van der Waals surface area (Å²) in [5.74, 6) is -2.61. The molecule has 0 aromatic heterocycles. The molecule has 7 nitrogen and oxygen atoms in total. The second-order valence-corrected chi connectivity index (χ2v) is 8.77. The Morgan fingerprint density at radius 3 is 2.22 bits per heavy atom. The van der Waals surface area contributed by atoms with Crippen molar-refractivity contribution in [1.29, 1.82) is 0 Å². The predicted octanol–water partition coefficient (Wildman–Crippen LogP) is 4.49. The van der Waals surface area contributed by atoms with E-state index in [1.54, 1.807) is 6.08 Å². The van der Waals surface area contributed by atoms with E-state index in [-0.39, 0.29) is 35.3 Å². The largest absolute Gasteiger partial charge is 0.508 e. The number of fused-ring (bicyclic) bond motifs is 2. The lowest BCUT2D eigenvalue weighted by Gasteiger charge is -2.25. The number of phenolic OH excluding ortho intramolecular Hbond substituents is 2. The summed E-state index contributed by atoms with van der Waals surface area (Å²) < 4.78 is 5.96. The van der Waals surface area contributed by atoms with Gasteiger partial charge in [-0.3, -0.25) is 9.59 Å². The van der Waals surface area contributed by atoms with Crippen molar-refractivity contribution in [2.45, 2.75) is 64.6 Å². The number of carboxylic acid groups (broad SMARTS) is 1. The number of allylic oxidation sites excluding steroid dienone is 3. The highest BCUT2D eigenvalue weighted by Crippen LogP contribution is 2.61. The Hall–Kier alpha value is -3.19. The summed E-state index contributed by atoms with van der Waals surface area (Å²) in [4.78, 5) is 37.8. The number of Topliss-reactive ketones (excluding diaryl/α,β-unsaturated/α-hetero) is 2. The van der Waals surface area contributed by atoms with E-state index in [2.05, 4.69) is 0 Å². The number of aromatic hydroxyl groups is 2. The molecule has 1 aliphatic carbocycles. The predicted molar refractivity (Wildman–Crippen MR) is 118 cm³/mol. The fraction of sp³-hybridized carbons (Fsp3) is 0.400. The molecule has 2 aliphatic rings. The lowest BCUT2D eigenvalue weighted by Crippen LogP contribution is -2.44. The van der Waals surface area contributed by atoms with Crippen molar-refractivity contribution >= 4 is 17.5 Å². The number of ketones is 2. The molecule has 1 aliphatic heterocycles. The van der Waals surface area contributed by atoms with Gasteiger partial charge in [0.25, 0.3) is 0 Å². The fourth-order valence-electron chi connectivity index (χ4n) is 4.15. The lowest BCUT2D eigenvalue weighted by molar-refractivity contribution is -0.132. The normalized spacial score (nSPS) is 24.6. The van der Waals surface area contributed by atoms with Crippen LogP contribution in [-0.4, -0.2) is 44.1 Å². The zero-order valence-corrected chi connectivity index (χ0v) is 18.7. The van der Waals surface area contributed by atoms with Crippen molar-refractivity contribution < 1.29 is 34.4 Å². The third kappa shape index (κ3) is 3.88. The van der Waals surface area contributed by atoms with Gasteiger partial charge in [-0.15, -0.1) is 0 Å². The second kappa shape index (κ2) is 8.39. The van der Waals surface area contributed by atoms with Crippen molar-refractivity contribution in [3.8, 4) is 11.5 Å². The van der Waals surface area contributed by atoms with Crippen molar-refractivity contribution in [3.05, 3.63) is 58.2 Å². The molecule has 1 saturated heterocycles. The van der Waals surface area contributed by atoms with Crippen LogP contribution in [0.5, 0.6) is 11.5 Å². The highest BCUT2D eigenvalue weighted by Gasteiger charge is 2.79. The van der Waals surface area contributed by atoms with E-state index >= 15 is 0 Å². The van der Waals surface area contributed by atoms with Gasteiger partial charge in [0.1, 0.15) is 11.5 Å². The van der Waals surface area contributed by atoms with E-state index in [0.717, 1.165) is 17.2 Å². The highest BCUT2D eigenvalue weighted by atomic mass is 16.6. The van der Waals surface area contributed by atoms with Crippen LogP contribution in [0, 0.1) is 0 Å². The minimum Gasteiger partial charge on any atom is -0.508 e. The number of carbonyl (C=O) groups is 3. The summed E-state index contributed by atoms with van der Waals surface area (Å²) in [5.41, 5.74) is -0.757. The second-order valence-electron chi connectivity index (χ2n) is 8.77. The molecule has 170 valence electrons. The van der Waals surface area contributed by atoms with Gasteiger partial charge in [-0.05, 0) is 46.6 Å². The first kappa shape index (κ1) is 23.5. The summed E-state index contributed by atoms with van der Waals surface area (Å²) in [6.45, 7) is 7.18. The van der Waals surface area contributed by atoms with Crippen LogP contribution in [0.3, 0.4) is 0 Å². The van der Waals surface area contributed by atoms with Crippen LogP contribution in [0.25, 0.3) is 0 Å². The van der Waals surface area contributed by atoms with Gasteiger partial charge in [0.05, 0.1) is 5.56 Å². The summed E-state index contributed by atoms with van der Waals surface area (Å²) in [6, 6.07) is 2.24. The summed E-state index contributed by atoms with van der Waals surface area (Å²) in [7, 11) is 0. The Morgan fingerprint density at radius 1 is 0.969 bits per heavy atom. The minimum absolute atomic E-state index is 0.0381. The number of ether oxygens (including phenoxy) is 1. The number of carbonyl (C=O) groups excluding carboxylic acids is 2. The Bertz CT molecular complexity index is 1090. The molecule has 3 rings (SSSR count). The maximum Gasteiger partial charge on any atom is 0.330 e. The molecule has 0 amide bonds. The standard InChI is InChI=1S/C25H28O7/c1-14(2)8-10-25-22(29)20-18(12-17(26)13-19(20)27)21(28)24(25,32-25)11-9-15(3)6-5-7-16(4)23(30)31/h7-9,12-13,26-27H,5-6,10-11H2,1-4H3,(H,30,31)/b15-9+,16-7+/t24-,25+/m0/s1. The number of aliphatic carboxylic acids is 1. The SMILES string of the molecule is CC(C)=CC[C@]12O[C@@]1(C/C=C(\C)CC/C=C(\C)C(=O)O)C(=O)c1cc(O)cc(O)c1C2=O. The third-order valence-electron chi connectivity index (χ3n) is 6.13. The van der Waals surface area contributed by atoms with Crippen LogP contribution in [0.4, 0.5) is 0 Å². The molecular formula is C25H28O7. The first-order chi connectivity index (χ1) is 14.9. The molecule has 3 N–H and O–H groups in total. The van der Waals surface area contributed by atoms with Gasteiger partial charge in [-0.1, -0.05) is 29.4 Å². The molecule has 1 aromatic rings. The third-order valence-corrected chi connectivity index (χ3v) is 6.13. The van der Waals surface area contributed by atoms with Gasteiger partial charge in [0.15, 0.2) is 17.0 Å². The van der Waals surface area contributed by atoms with Gasteiger partial charge in [-0.2, -0.15) is 0 Å². The van der Waals surface area contributed by atoms with Crippen LogP contribution in [-0.2, 0) is 9.53 Å². The van der Waals surface area contributed by atoms with Crippen LogP contribution < -0.4 is 0 Å². The molecule has 2 atom stereocenters. The van der Waals surface area contributed by atoms with Crippen molar-refractivity contribution in [3.63, 3.8) is 0 Å². The topological polar surface area (TPSA) is 124 Å². The first-order valence-corrected chi connectivity index (χ1v) is 10.5. The monoisotopic (exact) mass is 440 g/mol. The number of hydrogen-bond acceptors (Lipinski definition) is 6. The zero-order chi connectivity index (χ0) is 23.8. The summed E-state index contributed by atoms with van der Waals surface area (Å²) in [5, 5.41) is 29.1. The zero-order valence-electron chi connectivity index (χ0n) is 18.7. The van der Waals surface area contributed by atoms with Crippen molar-refractivity contribution in [1.82, 2.24) is 0 Å². The fourth-order valence-corrected chi connectivity index (χ4v) is 4.15. The van der Waals surface area contributed by atoms with Crippen LogP contribution in [0.15, 0.2) is 47.1 Å². The Labute approximate surface area is 186 Å². The van der Waals surface area contributed by atoms with Crippen molar-refractivity contribution in [2.75, 3.05) is 0 Å². The van der Waals surface area contributed by atoms with E-state index < -0.39 is 34.5 Å². The molecule has 0 radical (unpaired) electrons. The summed E-state index contributed by atoms with van der Waals surface area (Å²) >= 11 is 0. The average Bonchev–Trinajstić information content (AvgIpc) is 3.39. The van der Waals surface area contributed by atoms with Gasteiger partial charge >= 0.3 is 5.97 Å². The van der Waals surface area contributed by atoms with E-state index in [9.17, 15) is 24.6 Å². The molecule has 0 bridgehead atoms. The Kier molecular flexibility index (Phi) is 6.15. The van der Waals surface area contributed by atoms with Gasteiger partial charge < -0.3 is 20.1 Å². The number of rotatable bonds is 8. The maximum absolute atomic E-state index is 13.4. The number of hydrogen-bond donors (Lipinski definition) is 3. The van der Waals surface area contributed by atoms with E-state index in [4.69, 9.17) is 9.84 Å². The van der Waals surface area contributed by atoms with E-state index in [1.165, 1.54) is 13.0 Å². The van der Waals surface area contributed by atoms with Gasteiger partial charge in [0, 0.05) is 30.0 Å². The number of benzene rings is 1. The minimum atomic E-state index is -1.39. The maximum atomic E-state index is 13.4. The smallest absolute Gasteiger partial charge is 0.330 e. The van der Waals surface area contributed by atoms with Crippen LogP contribution in [0.2, 0.25) is 0 Å². The molecule has 0 spiro atoms. The molecule has 1 heterocycles. The molecule has 1 aromatic carbocycles. The molecule has 0 saturated carbocycles. The van der Waals surface area contributed by atoms with E-state index in [1.807, 2.05) is 32.9 Å². The number of carboxylic acids is 1. The average molecular weight is 440 g/mol. The molecule has 32 heavy (non-hydrogen) atoms. The quantitative estimate of drug-likeness (QED) is 0.309. The molecule has 0 unspecified atom stereocenters. The first-order valence-electron chi connectivity index (χ1n) is 10.5. The lowest BCUT2D eigenvalue weighted by atomic mass is 9.70. The number of epoxide rings is 1. The Morgan fingerprint density at radius 2 is 1.59 bits per heavy atom. The Balaban J connectivity index is 1.93. The molecule has 7 heteroatoms. The molecule has 1 fully saturated rings. The van der Waals surface area contributed by atoms with Gasteiger partial charge in [0.2, 0.25) is 5.78 Å². The van der Waals surface area contributed by atoms with E-state index in [0.29, 0.717) is 12.8 Å². The number of phenols is 2. The highest BCUT2D eigenvalue weighted by molar-refractivity contribution is 6.26. The molecular weight excluding hydrogens is 412 g/mol. The summed E-state index contributed by atoms with van der Waals surface area (Å²) in [6.07, 6.45) is 6.82. The van der Waals surface area contributed by atoms with Crippen LogP contribution >= 0.6 is 0 Å². The van der Waals surface area contributed by atoms with Gasteiger partial charge in [-0.25, -0.2) is 4.79 Å². The van der Waals surface area contributed by atoms with Crippen molar-refractivity contribution in [2.24, 2.45) is 0 Å².